The molecule has 0 spiro atoms. The number of halogens is 3. The van der Waals surface area contributed by atoms with Crippen molar-refractivity contribution < 1.29 is 18.0 Å². The van der Waals surface area contributed by atoms with E-state index in [0.717, 1.165) is 19.4 Å². The van der Waals surface area contributed by atoms with Gasteiger partial charge in [0.2, 0.25) is 5.91 Å². The topological polar surface area (TPSA) is 35.6 Å². The number of alkyl halides is 3. The van der Waals surface area contributed by atoms with E-state index in [9.17, 15) is 18.0 Å². The maximum Gasteiger partial charge on any atom is 0.401 e. The van der Waals surface area contributed by atoms with Crippen molar-refractivity contribution >= 4 is 5.91 Å². The van der Waals surface area contributed by atoms with Crippen molar-refractivity contribution in [3.05, 3.63) is 35.9 Å². The average Bonchev–Trinajstić information content (AvgIpc) is 2.90. The highest BCUT2D eigenvalue weighted by atomic mass is 19.4. The Morgan fingerprint density at radius 2 is 1.62 bits per heavy atom. The third kappa shape index (κ3) is 5.31. The van der Waals surface area contributed by atoms with Gasteiger partial charge in [-0.1, -0.05) is 30.3 Å². The van der Waals surface area contributed by atoms with Crippen LogP contribution in [-0.2, 0) is 11.3 Å². The number of likely N-dealkylation sites (tertiary alicyclic amines) is 1. The van der Waals surface area contributed by atoms with E-state index in [2.05, 4.69) is 34.5 Å². The minimum absolute atomic E-state index is 0.0394. The molecule has 29 heavy (non-hydrogen) atoms. The minimum Gasteiger partial charge on any atom is -0.353 e. The van der Waals surface area contributed by atoms with E-state index in [1.807, 2.05) is 6.07 Å². The fourth-order valence-corrected chi connectivity index (χ4v) is 5.37. The Morgan fingerprint density at radius 1 is 1.00 bits per heavy atom. The first kappa shape index (κ1) is 20.7. The Morgan fingerprint density at radius 3 is 2.21 bits per heavy atom. The Hall–Kier alpha value is -1.60. The summed E-state index contributed by atoms with van der Waals surface area (Å²) in [5, 5.41) is 3.23. The van der Waals surface area contributed by atoms with Crippen molar-refractivity contribution in [2.75, 3.05) is 19.6 Å². The van der Waals surface area contributed by atoms with E-state index < -0.39 is 12.7 Å². The summed E-state index contributed by atoms with van der Waals surface area (Å²) >= 11 is 0. The Balaban J connectivity index is 1.25. The molecule has 7 heteroatoms. The summed E-state index contributed by atoms with van der Waals surface area (Å²) in [5.41, 5.74) is 1.33. The number of nitrogens with zero attached hydrogens (tertiary/aromatic N) is 2. The number of piperidine rings is 2. The second-order valence-electron chi connectivity index (χ2n) is 8.89. The molecule has 3 aliphatic heterocycles. The van der Waals surface area contributed by atoms with Crippen LogP contribution >= 0.6 is 0 Å². The zero-order valence-corrected chi connectivity index (χ0v) is 16.7. The molecule has 0 saturated carbocycles. The smallest absolute Gasteiger partial charge is 0.353 e. The highest BCUT2D eigenvalue weighted by molar-refractivity contribution is 5.79. The SMILES string of the molecule is O=C(NC1CC2CCC(C1)N2Cc1ccccc1)C1CCN(CC(F)(F)F)CC1. The van der Waals surface area contributed by atoms with Gasteiger partial charge in [0.1, 0.15) is 0 Å². The molecule has 4 rings (SSSR count). The van der Waals surface area contributed by atoms with Crippen molar-refractivity contribution in [2.45, 2.75) is 69.4 Å². The number of benzene rings is 1. The highest BCUT2D eigenvalue weighted by Gasteiger charge is 2.41. The van der Waals surface area contributed by atoms with Gasteiger partial charge in [-0.2, -0.15) is 13.2 Å². The predicted molar refractivity (Wildman–Crippen MR) is 105 cm³/mol. The molecule has 160 valence electrons. The monoisotopic (exact) mass is 409 g/mol. The van der Waals surface area contributed by atoms with Crippen LogP contribution in [0, 0.1) is 5.92 Å². The molecule has 2 atom stereocenters. The molecule has 2 unspecified atom stereocenters. The standard InChI is InChI=1S/C22H30F3N3O/c23-22(24,25)15-27-10-8-17(9-11-27)21(29)26-18-12-19-6-7-20(13-18)28(19)14-16-4-2-1-3-5-16/h1-5,17-20H,6-15H2,(H,26,29). The summed E-state index contributed by atoms with van der Waals surface area (Å²) in [6.45, 7) is 0.788. The number of nitrogens with one attached hydrogen (secondary N) is 1. The summed E-state index contributed by atoms with van der Waals surface area (Å²) in [4.78, 5) is 16.7. The first-order valence-corrected chi connectivity index (χ1v) is 10.8. The largest absolute Gasteiger partial charge is 0.401 e. The van der Waals surface area contributed by atoms with Crippen LogP contribution in [-0.4, -0.2) is 59.6 Å². The molecule has 1 aromatic carbocycles. The number of carbonyl (C=O) groups is 1. The summed E-state index contributed by atoms with van der Waals surface area (Å²) in [5.74, 6) is -0.114. The van der Waals surface area contributed by atoms with Crippen LogP contribution < -0.4 is 5.32 Å². The fourth-order valence-electron chi connectivity index (χ4n) is 5.37. The number of carbonyl (C=O) groups excluding carboxylic acids is 1. The van der Waals surface area contributed by atoms with Gasteiger partial charge >= 0.3 is 6.18 Å². The van der Waals surface area contributed by atoms with Gasteiger partial charge < -0.3 is 5.32 Å². The van der Waals surface area contributed by atoms with E-state index in [1.165, 1.54) is 23.3 Å². The van der Waals surface area contributed by atoms with Gasteiger partial charge in [0.15, 0.2) is 0 Å². The number of hydrogen-bond acceptors (Lipinski definition) is 3. The molecule has 0 aliphatic carbocycles. The molecule has 2 bridgehead atoms. The molecule has 3 heterocycles. The van der Waals surface area contributed by atoms with Crippen LogP contribution in [0.15, 0.2) is 30.3 Å². The summed E-state index contributed by atoms with van der Waals surface area (Å²) < 4.78 is 37.6. The number of amides is 1. The minimum atomic E-state index is -4.16. The number of hydrogen-bond donors (Lipinski definition) is 1. The molecule has 1 amide bonds. The van der Waals surface area contributed by atoms with Crippen molar-refractivity contribution in [3.63, 3.8) is 0 Å². The Bertz CT molecular complexity index is 674. The zero-order valence-electron chi connectivity index (χ0n) is 16.7. The maximum atomic E-state index is 12.7. The van der Waals surface area contributed by atoms with Crippen LogP contribution in [0.3, 0.4) is 0 Å². The lowest BCUT2D eigenvalue weighted by Crippen LogP contribution is -2.52. The molecule has 0 radical (unpaired) electrons. The van der Waals surface area contributed by atoms with E-state index >= 15 is 0 Å². The summed E-state index contributed by atoms with van der Waals surface area (Å²) in [6.07, 6.45) is 1.18. The molecule has 3 saturated heterocycles. The number of rotatable bonds is 5. The molecule has 1 N–H and O–H groups in total. The van der Waals surface area contributed by atoms with E-state index in [-0.39, 0.29) is 17.9 Å². The lowest BCUT2D eigenvalue weighted by atomic mass is 9.93. The second kappa shape index (κ2) is 8.64. The lowest BCUT2D eigenvalue weighted by Gasteiger charge is -2.40. The average molecular weight is 409 g/mol. The predicted octanol–water partition coefficient (Wildman–Crippen LogP) is 3.57. The van der Waals surface area contributed by atoms with Crippen molar-refractivity contribution in [2.24, 2.45) is 5.92 Å². The second-order valence-corrected chi connectivity index (χ2v) is 8.89. The van der Waals surface area contributed by atoms with Gasteiger partial charge in [-0.25, -0.2) is 0 Å². The molecule has 1 aromatic rings. The first-order valence-electron chi connectivity index (χ1n) is 10.8. The van der Waals surface area contributed by atoms with Crippen LogP contribution in [0.5, 0.6) is 0 Å². The molecule has 3 fully saturated rings. The van der Waals surface area contributed by atoms with Crippen LogP contribution in [0.4, 0.5) is 13.2 Å². The molecule has 4 nitrogen and oxygen atoms in total. The van der Waals surface area contributed by atoms with Crippen LogP contribution in [0.1, 0.15) is 44.1 Å². The third-order valence-corrected chi connectivity index (χ3v) is 6.80. The molecule has 3 aliphatic rings. The van der Waals surface area contributed by atoms with Crippen molar-refractivity contribution in [1.82, 2.24) is 15.1 Å². The normalized spacial score (nSPS) is 29.1. The van der Waals surface area contributed by atoms with Crippen molar-refractivity contribution in [3.8, 4) is 0 Å². The quantitative estimate of drug-likeness (QED) is 0.808. The highest BCUT2D eigenvalue weighted by Crippen LogP contribution is 2.37. The molecule has 0 aromatic heterocycles. The van der Waals surface area contributed by atoms with Gasteiger partial charge in [-0.3, -0.25) is 14.6 Å². The van der Waals surface area contributed by atoms with Crippen molar-refractivity contribution in [1.29, 1.82) is 0 Å². The Kier molecular flexibility index (Phi) is 6.16. The van der Waals surface area contributed by atoms with E-state index in [1.54, 1.807) is 0 Å². The van der Waals surface area contributed by atoms with E-state index in [0.29, 0.717) is 38.0 Å². The van der Waals surface area contributed by atoms with E-state index in [4.69, 9.17) is 0 Å². The Labute approximate surface area is 170 Å². The number of fused-ring (bicyclic) bond motifs is 2. The first-order chi connectivity index (χ1) is 13.9. The van der Waals surface area contributed by atoms with Crippen LogP contribution in [0.2, 0.25) is 0 Å². The molecular weight excluding hydrogens is 379 g/mol. The third-order valence-electron chi connectivity index (χ3n) is 6.80. The summed E-state index contributed by atoms with van der Waals surface area (Å²) in [7, 11) is 0. The van der Waals surface area contributed by atoms with Gasteiger partial charge in [-0.15, -0.1) is 0 Å². The summed E-state index contributed by atoms with van der Waals surface area (Å²) in [6, 6.07) is 11.7. The molecular formula is C22H30F3N3O. The van der Waals surface area contributed by atoms with Gasteiger partial charge in [0.05, 0.1) is 6.54 Å². The maximum absolute atomic E-state index is 12.7. The fraction of sp³-hybridized carbons (Fsp3) is 0.682. The van der Waals surface area contributed by atoms with Gasteiger partial charge in [0.25, 0.3) is 0 Å². The van der Waals surface area contributed by atoms with Gasteiger partial charge in [0, 0.05) is 30.6 Å². The lowest BCUT2D eigenvalue weighted by molar-refractivity contribution is -0.149. The van der Waals surface area contributed by atoms with Gasteiger partial charge in [-0.05, 0) is 57.2 Å². The zero-order chi connectivity index (χ0) is 20.4. The van der Waals surface area contributed by atoms with Crippen LogP contribution in [0.25, 0.3) is 0 Å².